The van der Waals surface area contributed by atoms with Gasteiger partial charge in [0.1, 0.15) is 5.58 Å². The van der Waals surface area contributed by atoms with E-state index >= 15 is 0 Å². The predicted octanol–water partition coefficient (Wildman–Crippen LogP) is 2.88. The van der Waals surface area contributed by atoms with Crippen LogP contribution in [0.1, 0.15) is 23.6 Å². The van der Waals surface area contributed by atoms with Gasteiger partial charge in [0.2, 0.25) is 15.9 Å². The number of morpholine rings is 1. The number of rotatable bonds is 7. The van der Waals surface area contributed by atoms with Gasteiger partial charge in [-0.05, 0) is 35.7 Å². The van der Waals surface area contributed by atoms with Gasteiger partial charge in [0.15, 0.2) is 0 Å². The summed E-state index contributed by atoms with van der Waals surface area (Å²) < 4.78 is 37.6. The predicted molar refractivity (Wildman–Crippen MR) is 117 cm³/mol. The zero-order valence-electron chi connectivity index (χ0n) is 17.5. The summed E-state index contributed by atoms with van der Waals surface area (Å²) in [6.45, 7) is 3.96. The van der Waals surface area contributed by atoms with Crippen LogP contribution in [0.15, 0.2) is 58.0 Å². The number of fused-ring (bicyclic) bond motifs is 1. The van der Waals surface area contributed by atoms with Crippen LogP contribution in [0.2, 0.25) is 0 Å². The number of furan rings is 1. The molecule has 0 aliphatic carbocycles. The Kier molecular flexibility index (Phi) is 6.41. The highest BCUT2D eigenvalue weighted by molar-refractivity contribution is 7.89. The Labute approximate surface area is 182 Å². The molecule has 0 atom stereocenters. The van der Waals surface area contributed by atoms with Gasteiger partial charge >= 0.3 is 0 Å². The fourth-order valence-corrected chi connectivity index (χ4v) is 5.04. The summed E-state index contributed by atoms with van der Waals surface area (Å²) in [5.41, 5.74) is 3.66. The smallest absolute Gasteiger partial charge is 0.243 e. The maximum absolute atomic E-state index is 12.7. The normalized spacial score (nSPS) is 15.3. The Balaban J connectivity index is 1.35. The molecule has 3 aromatic rings. The molecule has 1 aliphatic rings. The van der Waals surface area contributed by atoms with Crippen molar-refractivity contribution < 1.29 is 22.4 Å². The van der Waals surface area contributed by atoms with Gasteiger partial charge in [0.25, 0.3) is 0 Å². The average Bonchev–Trinajstić information content (AvgIpc) is 3.20. The minimum Gasteiger partial charge on any atom is -0.464 e. The molecule has 0 unspecified atom stereocenters. The molecule has 31 heavy (non-hydrogen) atoms. The number of aryl methyl sites for hydroxylation is 1. The first-order valence-corrected chi connectivity index (χ1v) is 11.8. The van der Waals surface area contributed by atoms with Crippen molar-refractivity contribution in [3.8, 4) is 0 Å². The summed E-state index contributed by atoms with van der Waals surface area (Å²) in [7, 11) is -3.51. The number of amides is 1. The number of nitrogens with one attached hydrogen (secondary N) is 1. The summed E-state index contributed by atoms with van der Waals surface area (Å²) in [6, 6.07) is 12.7. The lowest BCUT2D eigenvalue weighted by Crippen LogP contribution is -2.40. The van der Waals surface area contributed by atoms with Gasteiger partial charge in [0, 0.05) is 30.6 Å². The molecule has 7 nitrogen and oxygen atoms in total. The Morgan fingerprint density at radius 3 is 2.48 bits per heavy atom. The van der Waals surface area contributed by atoms with E-state index in [1.807, 2.05) is 18.2 Å². The lowest BCUT2D eigenvalue weighted by Gasteiger charge is -2.26. The molecule has 2 aromatic carbocycles. The Morgan fingerprint density at radius 2 is 1.77 bits per heavy atom. The van der Waals surface area contributed by atoms with E-state index in [2.05, 4.69) is 12.2 Å². The number of hydrogen-bond acceptors (Lipinski definition) is 5. The highest BCUT2D eigenvalue weighted by atomic mass is 32.2. The van der Waals surface area contributed by atoms with Crippen molar-refractivity contribution >= 4 is 26.9 Å². The highest BCUT2D eigenvalue weighted by Gasteiger charge is 2.26. The van der Waals surface area contributed by atoms with Crippen molar-refractivity contribution in [3.63, 3.8) is 0 Å². The van der Waals surface area contributed by atoms with Crippen LogP contribution in [0.4, 0.5) is 0 Å². The average molecular weight is 443 g/mol. The van der Waals surface area contributed by atoms with Crippen LogP contribution in [-0.2, 0) is 38.9 Å². The molecule has 1 aromatic heterocycles. The van der Waals surface area contributed by atoms with E-state index < -0.39 is 10.0 Å². The molecule has 0 bridgehead atoms. The molecule has 1 saturated heterocycles. The third kappa shape index (κ3) is 4.81. The molecule has 164 valence electrons. The second kappa shape index (κ2) is 9.21. The summed E-state index contributed by atoms with van der Waals surface area (Å²) >= 11 is 0. The van der Waals surface area contributed by atoms with Crippen LogP contribution in [0.3, 0.4) is 0 Å². The first-order chi connectivity index (χ1) is 15.0. The molecule has 2 heterocycles. The zero-order chi connectivity index (χ0) is 21.8. The Bertz CT molecular complexity index is 1160. The molecule has 0 saturated carbocycles. The second-order valence-corrected chi connectivity index (χ2v) is 9.50. The Hall–Kier alpha value is -2.68. The summed E-state index contributed by atoms with van der Waals surface area (Å²) in [5.74, 6) is -0.118. The monoisotopic (exact) mass is 442 g/mol. The fraction of sp³-hybridized carbons (Fsp3) is 0.348. The summed E-state index contributed by atoms with van der Waals surface area (Å²) in [5, 5.41) is 3.84. The number of ether oxygens (including phenoxy) is 1. The van der Waals surface area contributed by atoms with Crippen LogP contribution < -0.4 is 5.32 Å². The van der Waals surface area contributed by atoms with Crippen molar-refractivity contribution in [2.45, 2.75) is 31.2 Å². The van der Waals surface area contributed by atoms with E-state index in [0.717, 1.165) is 28.5 Å². The van der Waals surface area contributed by atoms with Gasteiger partial charge in [-0.25, -0.2) is 8.42 Å². The van der Waals surface area contributed by atoms with Crippen LogP contribution in [0, 0.1) is 0 Å². The van der Waals surface area contributed by atoms with Crippen LogP contribution in [-0.4, -0.2) is 44.9 Å². The van der Waals surface area contributed by atoms with Crippen molar-refractivity contribution in [1.82, 2.24) is 9.62 Å². The topological polar surface area (TPSA) is 88.9 Å². The third-order valence-corrected chi connectivity index (χ3v) is 7.41. The number of sulfonamides is 1. The largest absolute Gasteiger partial charge is 0.464 e. The minimum absolute atomic E-state index is 0.118. The quantitative estimate of drug-likeness (QED) is 0.608. The van der Waals surface area contributed by atoms with Gasteiger partial charge in [-0.3, -0.25) is 4.79 Å². The number of nitrogens with zero attached hydrogens (tertiary/aromatic N) is 1. The first kappa shape index (κ1) is 21.5. The number of hydrogen-bond donors (Lipinski definition) is 1. The molecular formula is C23H26N2O5S. The first-order valence-electron chi connectivity index (χ1n) is 10.4. The lowest BCUT2D eigenvalue weighted by atomic mass is 10.1. The second-order valence-electron chi connectivity index (χ2n) is 7.56. The van der Waals surface area contributed by atoms with Gasteiger partial charge in [0.05, 0.1) is 30.8 Å². The van der Waals surface area contributed by atoms with Crippen LogP contribution in [0.5, 0.6) is 0 Å². The number of benzene rings is 2. The maximum atomic E-state index is 12.7. The van der Waals surface area contributed by atoms with E-state index in [4.69, 9.17) is 9.15 Å². The van der Waals surface area contributed by atoms with E-state index in [1.165, 1.54) is 9.87 Å². The molecule has 0 spiro atoms. The molecule has 1 amide bonds. The third-order valence-electron chi connectivity index (χ3n) is 5.50. The van der Waals surface area contributed by atoms with Gasteiger partial charge in [-0.1, -0.05) is 31.2 Å². The van der Waals surface area contributed by atoms with E-state index in [0.29, 0.717) is 32.8 Å². The molecule has 1 N–H and O–H groups in total. The minimum atomic E-state index is -3.51. The molecule has 0 radical (unpaired) electrons. The van der Waals surface area contributed by atoms with Crippen LogP contribution >= 0.6 is 0 Å². The summed E-state index contributed by atoms with van der Waals surface area (Å²) in [4.78, 5) is 12.7. The van der Waals surface area contributed by atoms with Gasteiger partial charge < -0.3 is 14.5 Å². The van der Waals surface area contributed by atoms with Crippen molar-refractivity contribution in [1.29, 1.82) is 0 Å². The molecule has 4 rings (SSSR count). The summed E-state index contributed by atoms with van der Waals surface area (Å²) in [6.07, 6.45) is 2.79. The lowest BCUT2D eigenvalue weighted by molar-refractivity contribution is -0.120. The van der Waals surface area contributed by atoms with E-state index in [-0.39, 0.29) is 17.2 Å². The van der Waals surface area contributed by atoms with Crippen molar-refractivity contribution in [2.24, 2.45) is 0 Å². The highest BCUT2D eigenvalue weighted by Crippen LogP contribution is 2.23. The number of carbonyl (C=O) groups excluding carboxylic acids is 1. The molecular weight excluding hydrogens is 416 g/mol. The maximum Gasteiger partial charge on any atom is 0.243 e. The van der Waals surface area contributed by atoms with Gasteiger partial charge in [-0.2, -0.15) is 4.31 Å². The zero-order valence-corrected chi connectivity index (χ0v) is 18.3. The van der Waals surface area contributed by atoms with E-state index in [1.54, 1.807) is 30.5 Å². The Morgan fingerprint density at radius 1 is 1.06 bits per heavy atom. The van der Waals surface area contributed by atoms with E-state index in [9.17, 15) is 13.2 Å². The fourth-order valence-electron chi connectivity index (χ4n) is 3.64. The van der Waals surface area contributed by atoms with Crippen LogP contribution in [0.25, 0.3) is 11.0 Å². The molecule has 8 heteroatoms. The standard InChI is InChI=1S/C23H26N2O5S/c1-2-17-5-8-21-19(16-30-22(21)13-17)14-23(26)24-15-18-3-6-20(7-4-18)31(27,28)25-9-11-29-12-10-25/h3-8,13,16H,2,9-12,14-15H2,1H3,(H,24,26). The number of carbonyl (C=O) groups is 1. The van der Waals surface area contributed by atoms with Crippen molar-refractivity contribution in [2.75, 3.05) is 26.3 Å². The van der Waals surface area contributed by atoms with Crippen molar-refractivity contribution in [3.05, 3.63) is 65.4 Å². The van der Waals surface area contributed by atoms with Gasteiger partial charge in [-0.15, -0.1) is 0 Å². The molecule has 1 aliphatic heterocycles. The SMILES string of the molecule is CCc1ccc2c(CC(=O)NCc3ccc(S(=O)(=O)N4CCOCC4)cc3)coc2c1. The molecule has 1 fully saturated rings.